The number of nitrogens with zero attached hydrogens (tertiary/aromatic N) is 1. The van der Waals surface area contributed by atoms with E-state index < -0.39 is 0 Å². The topological polar surface area (TPSA) is 29.5 Å². The fourth-order valence-electron chi connectivity index (χ4n) is 1.78. The standard InChI is InChI=1S/C10H22NO2/c1-10(12)4-3-5-11(2)6-8-13-9-7-11/h10,12H,3-9H2,1-2H3/q+1. The summed E-state index contributed by atoms with van der Waals surface area (Å²) in [5.74, 6) is 0. The number of ether oxygens (including phenoxy) is 1. The Hall–Kier alpha value is -0.120. The molecule has 0 radical (unpaired) electrons. The maximum absolute atomic E-state index is 9.13. The molecule has 0 bridgehead atoms. The van der Waals surface area contributed by atoms with Gasteiger partial charge in [0.1, 0.15) is 13.1 Å². The molecule has 0 aromatic heterocycles. The number of rotatable bonds is 4. The Morgan fingerprint density at radius 1 is 1.38 bits per heavy atom. The molecule has 0 aromatic rings. The first kappa shape index (κ1) is 11.0. The van der Waals surface area contributed by atoms with E-state index in [9.17, 15) is 0 Å². The highest BCUT2D eigenvalue weighted by molar-refractivity contribution is 4.50. The molecule has 1 aliphatic heterocycles. The number of hydrogen-bond acceptors (Lipinski definition) is 2. The Morgan fingerprint density at radius 3 is 2.54 bits per heavy atom. The molecular formula is C10H22NO2+. The Balaban J connectivity index is 2.17. The minimum atomic E-state index is -0.146. The van der Waals surface area contributed by atoms with E-state index in [0.29, 0.717) is 0 Å². The van der Waals surface area contributed by atoms with Crippen molar-refractivity contribution in [2.75, 3.05) is 39.9 Å². The van der Waals surface area contributed by atoms with Gasteiger partial charge in [-0.1, -0.05) is 0 Å². The number of morpholine rings is 1. The first-order valence-corrected chi connectivity index (χ1v) is 5.22. The SMILES string of the molecule is CC(O)CCC[N+]1(C)CCOCC1. The summed E-state index contributed by atoms with van der Waals surface area (Å²) in [6.45, 7) is 7.07. The quantitative estimate of drug-likeness (QED) is 0.656. The highest BCUT2D eigenvalue weighted by Crippen LogP contribution is 2.10. The van der Waals surface area contributed by atoms with Crippen LogP contribution in [0.4, 0.5) is 0 Å². The van der Waals surface area contributed by atoms with Gasteiger partial charge in [-0.25, -0.2) is 0 Å². The second-order valence-electron chi connectivity index (χ2n) is 4.39. The molecule has 1 atom stereocenters. The second kappa shape index (κ2) is 4.94. The van der Waals surface area contributed by atoms with Crippen LogP contribution in [0, 0.1) is 0 Å². The summed E-state index contributed by atoms with van der Waals surface area (Å²) in [5.41, 5.74) is 0. The Morgan fingerprint density at radius 2 is 2.00 bits per heavy atom. The molecule has 78 valence electrons. The van der Waals surface area contributed by atoms with E-state index in [2.05, 4.69) is 7.05 Å². The number of aliphatic hydroxyl groups is 1. The molecule has 0 aromatic carbocycles. The molecule has 0 saturated carbocycles. The lowest BCUT2D eigenvalue weighted by atomic mass is 10.2. The van der Waals surface area contributed by atoms with Gasteiger partial charge in [0.25, 0.3) is 0 Å². The van der Waals surface area contributed by atoms with Gasteiger partial charge in [0.15, 0.2) is 0 Å². The van der Waals surface area contributed by atoms with Gasteiger partial charge < -0.3 is 14.3 Å². The molecule has 0 spiro atoms. The fourth-order valence-corrected chi connectivity index (χ4v) is 1.78. The lowest BCUT2D eigenvalue weighted by Crippen LogP contribution is -2.52. The maximum atomic E-state index is 9.13. The van der Waals surface area contributed by atoms with Gasteiger partial charge in [-0.15, -0.1) is 0 Å². The van der Waals surface area contributed by atoms with Crippen LogP contribution in [0.3, 0.4) is 0 Å². The van der Waals surface area contributed by atoms with E-state index in [1.165, 1.54) is 6.54 Å². The molecule has 0 aliphatic carbocycles. The number of quaternary nitrogens is 1. The molecule has 1 N–H and O–H groups in total. The molecule has 3 nitrogen and oxygen atoms in total. The Kier molecular flexibility index (Phi) is 4.16. The van der Waals surface area contributed by atoms with Crippen LogP contribution in [0.2, 0.25) is 0 Å². The van der Waals surface area contributed by atoms with E-state index >= 15 is 0 Å². The third kappa shape index (κ3) is 4.07. The van der Waals surface area contributed by atoms with E-state index in [0.717, 1.165) is 43.6 Å². The van der Waals surface area contributed by atoms with Gasteiger partial charge in [0.05, 0.1) is 32.9 Å². The van der Waals surface area contributed by atoms with Crippen LogP contribution in [0.15, 0.2) is 0 Å². The highest BCUT2D eigenvalue weighted by Gasteiger charge is 2.24. The average Bonchev–Trinajstić information content (AvgIpc) is 2.04. The van der Waals surface area contributed by atoms with Crippen molar-refractivity contribution in [2.45, 2.75) is 25.9 Å². The Labute approximate surface area is 80.9 Å². The Bertz CT molecular complexity index is 142. The van der Waals surface area contributed by atoms with E-state index in [4.69, 9.17) is 9.84 Å². The van der Waals surface area contributed by atoms with Crippen LogP contribution >= 0.6 is 0 Å². The maximum Gasteiger partial charge on any atom is 0.102 e. The van der Waals surface area contributed by atoms with Gasteiger partial charge >= 0.3 is 0 Å². The summed E-state index contributed by atoms with van der Waals surface area (Å²) in [6.07, 6.45) is 1.90. The van der Waals surface area contributed by atoms with Crippen molar-refractivity contribution >= 4 is 0 Å². The molecule has 1 fully saturated rings. The molecule has 1 unspecified atom stereocenters. The van der Waals surface area contributed by atoms with E-state index in [1.54, 1.807) is 0 Å². The predicted molar refractivity (Wildman–Crippen MR) is 52.5 cm³/mol. The third-order valence-corrected chi connectivity index (χ3v) is 2.87. The van der Waals surface area contributed by atoms with Crippen molar-refractivity contribution in [3.63, 3.8) is 0 Å². The molecule has 13 heavy (non-hydrogen) atoms. The minimum Gasteiger partial charge on any atom is -0.393 e. The second-order valence-corrected chi connectivity index (χ2v) is 4.39. The summed E-state index contributed by atoms with van der Waals surface area (Å²) in [5, 5.41) is 9.13. The summed E-state index contributed by atoms with van der Waals surface area (Å²) in [6, 6.07) is 0. The molecule has 1 aliphatic rings. The van der Waals surface area contributed by atoms with Gasteiger partial charge in [-0.3, -0.25) is 0 Å². The van der Waals surface area contributed by atoms with Crippen molar-refractivity contribution in [1.82, 2.24) is 0 Å². The van der Waals surface area contributed by atoms with Crippen molar-refractivity contribution in [3.8, 4) is 0 Å². The van der Waals surface area contributed by atoms with Gasteiger partial charge in [-0.05, 0) is 19.8 Å². The molecule has 1 saturated heterocycles. The van der Waals surface area contributed by atoms with Crippen molar-refractivity contribution in [1.29, 1.82) is 0 Å². The van der Waals surface area contributed by atoms with Crippen LogP contribution in [0.1, 0.15) is 19.8 Å². The monoisotopic (exact) mass is 188 g/mol. The predicted octanol–water partition coefficient (Wildman–Crippen LogP) is 0.624. The number of likely N-dealkylation sites (N-methyl/N-ethyl adjacent to an activating group) is 1. The normalized spacial score (nSPS) is 24.2. The molecule has 0 amide bonds. The van der Waals surface area contributed by atoms with Crippen molar-refractivity contribution < 1.29 is 14.3 Å². The van der Waals surface area contributed by atoms with Crippen LogP contribution in [-0.2, 0) is 4.74 Å². The first-order valence-electron chi connectivity index (χ1n) is 5.22. The van der Waals surface area contributed by atoms with Gasteiger partial charge in [-0.2, -0.15) is 0 Å². The number of hydrogen-bond donors (Lipinski definition) is 1. The third-order valence-electron chi connectivity index (χ3n) is 2.87. The zero-order chi connectivity index (χ0) is 9.73. The zero-order valence-electron chi connectivity index (χ0n) is 8.83. The van der Waals surface area contributed by atoms with Gasteiger partial charge in [0.2, 0.25) is 0 Å². The average molecular weight is 188 g/mol. The van der Waals surface area contributed by atoms with E-state index in [1.807, 2.05) is 6.92 Å². The smallest absolute Gasteiger partial charge is 0.102 e. The summed E-state index contributed by atoms with van der Waals surface area (Å²) in [7, 11) is 2.28. The van der Waals surface area contributed by atoms with Crippen LogP contribution in [0.25, 0.3) is 0 Å². The van der Waals surface area contributed by atoms with Crippen molar-refractivity contribution in [3.05, 3.63) is 0 Å². The minimum absolute atomic E-state index is 0.146. The largest absolute Gasteiger partial charge is 0.393 e. The van der Waals surface area contributed by atoms with Crippen LogP contribution in [-0.4, -0.2) is 55.6 Å². The van der Waals surface area contributed by atoms with E-state index in [-0.39, 0.29) is 6.10 Å². The highest BCUT2D eigenvalue weighted by atomic mass is 16.5. The lowest BCUT2D eigenvalue weighted by Gasteiger charge is -2.37. The van der Waals surface area contributed by atoms with Crippen LogP contribution in [0.5, 0.6) is 0 Å². The summed E-state index contributed by atoms with van der Waals surface area (Å²) < 4.78 is 6.45. The molecule has 1 rings (SSSR count). The zero-order valence-corrected chi connectivity index (χ0v) is 8.83. The van der Waals surface area contributed by atoms with Crippen molar-refractivity contribution in [2.24, 2.45) is 0 Å². The summed E-state index contributed by atoms with van der Waals surface area (Å²) >= 11 is 0. The van der Waals surface area contributed by atoms with Crippen LogP contribution < -0.4 is 0 Å². The molecular weight excluding hydrogens is 166 g/mol. The molecule has 1 heterocycles. The number of aliphatic hydroxyl groups excluding tert-OH is 1. The van der Waals surface area contributed by atoms with Gasteiger partial charge in [0, 0.05) is 0 Å². The summed E-state index contributed by atoms with van der Waals surface area (Å²) in [4.78, 5) is 0. The lowest BCUT2D eigenvalue weighted by molar-refractivity contribution is -0.917. The molecule has 3 heteroatoms. The fraction of sp³-hybridized carbons (Fsp3) is 1.00. The first-order chi connectivity index (χ1) is 6.12.